The van der Waals surface area contributed by atoms with Gasteiger partial charge >= 0.3 is 6.61 Å². The van der Waals surface area contributed by atoms with Gasteiger partial charge in [-0.05, 0) is 18.9 Å². The number of nitrogens with zero attached hydrogens (tertiary/aromatic N) is 4. The van der Waals surface area contributed by atoms with Crippen LogP contribution >= 0.6 is 0 Å². The molecular formula is C16H16F4N4O3. The molecule has 2 aromatic rings. The minimum atomic E-state index is -3.02. The van der Waals surface area contributed by atoms with Crippen molar-refractivity contribution < 1.29 is 32.2 Å². The lowest BCUT2D eigenvalue weighted by Crippen LogP contribution is -2.20. The number of pyridine rings is 1. The minimum absolute atomic E-state index is 0.141. The van der Waals surface area contributed by atoms with Crippen molar-refractivity contribution in [1.29, 1.82) is 0 Å². The van der Waals surface area contributed by atoms with Crippen molar-refractivity contribution in [2.24, 2.45) is 0 Å². The first-order valence-electron chi connectivity index (χ1n) is 7.86. The van der Waals surface area contributed by atoms with Crippen LogP contribution in [-0.4, -0.2) is 46.2 Å². The van der Waals surface area contributed by atoms with Gasteiger partial charge in [-0.1, -0.05) is 6.07 Å². The van der Waals surface area contributed by atoms with E-state index < -0.39 is 18.9 Å². The number of halogens is 4. The second-order valence-electron chi connectivity index (χ2n) is 5.31. The predicted molar refractivity (Wildman–Crippen MR) is 87.0 cm³/mol. The summed E-state index contributed by atoms with van der Waals surface area (Å²) in [5.74, 6) is -0.534. The molecule has 0 radical (unpaired) electrons. The van der Waals surface area contributed by atoms with E-state index in [1.807, 2.05) is 4.90 Å². The maximum absolute atomic E-state index is 13.1. The first-order valence-corrected chi connectivity index (χ1v) is 7.86. The highest BCUT2D eigenvalue weighted by atomic mass is 19.3. The Morgan fingerprint density at radius 3 is 2.33 bits per heavy atom. The molecule has 1 aliphatic heterocycles. The lowest BCUT2D eigenvalue weighted by Gasteiger charge is -2.18. The number of hydrogen-bond acceptors (Lipinski definition) is 6. The summed E-state index contributed by atoms with van der Waals surface area (Å²) in [5.41, 5.74) is 0.305. The number of aromatic nitrogens is 3. The number of carboxylic acid groups (broad SMARTS) is 1. The second-order valence-corrected chi connectivity index (χ2v) is 5.31. The van der Waals surface area contributed by atoms with Crippen molar-refractivity contribution in [2.75, 3.05) is 18.0 Å². The van der Waals surface area contributed by atoms with Gasteiger partial charge in [0.05, 0.1) is 11.4 Å². The molecule has 0 aromatic carbocycles. The van der Waals surface area contributed by atoms with E-state index in [0.717, 1.165) is 25.9 Å². The Hall–Kier alpha value is -2.98. The van der Waals surface area contributed by atoms with Crippen molar-refractivity contribution >= 4 is 12.3 Å². The molecule has 0 spiro atoms. The molecule has 0 aliphatic carbocycles. The fraction of sp³-hybridized carbons (Fsp3) is 0.375. The van der Waals surface area contributed by atoms with E-state index in [1.54, 1.807) is 0 Å². The Kier molecular flexibility index (Phi) is 7.26. The predicted octanol–water partition coefficient (Wildman–Crippen LogP) is 3.38. The average Bonchev–Trinajstić information content (AvgIpc) is 3.16. The van der Waals surface area contributed by atoms with Crippen LogP contribution in [0.15, 0.2) is 24.3 Å². The van der Waals surface area contributed by atoms with Gasteiger partial charge < -0.3 is 14.7 Å². The molecule has 1 N–H and O–H groups in total. The van der Waals surface area contributed by atoms with Crippen molar-refractivity contribution in [2.45, 2.75) is 25.9 Å². The smallest absolute Gasteiger partial charge is 0.388 e. The van der Waals surface area contributed by atoms with E-state index in [9.17, 15) is 17.6 Å². The molecule has 7 nitrogen and oxygen atoms in total. The monoisotopic (exact) mass is 388 g/mol. The Morgan fingerprint density at radius 2 is 1.74 bits per heavy atom. The fourth-order valence-corrected chi connectivity index (χ4v) is 2.50. The molecule has 0 unspecified atom stereocenters. The summed E-state index contributed by atoms with van der Waals surface area (Å²) in [6.07, 6.45) is -0.926. The van der Waals surface area contributed by atoms with Gasteiger partial charge in [0, 0.05) is 25.2 Å². The van der Waals surface area contributed by atoms with Crippen molar-refractivity contribution in [1.82, 2.24) is 15.0 Å². The first kappa shape index (κ1) is 20.3. The number of hydrogen-bond donors (Lipinski definition) is 1. The van der Waals surface area contributed by atoms with Crippen LogP contribution in [0.3, 0.4) is 0 Å². The zero-order valence-electron chi connectivity index (χ0n) is 13.9. The van der Waals surface area contributed by atoms with E-state index >= 15 is 0 Å². The van der Waals surface area contributed by atoms with E-state index in [-0.39, 0.29) is 23.7 Å². The fourth-order valence-electron chi connectivity index (χ4n) is 2.50. The normalized spacial score (nSPS) is 13.5. The molecule has 146 valence electrons. The Balaban J connectivity index is 0.000000817. The molecule has 27 heavy (non-hydrogen) atoms. The van der Waals surface area contributed by atoms with Gasteiger partial charge in [0.25, 0.3) is 12.9 Å². The Labute approximate surface area is 151 Å². The van der Waals surface area contributed by atoms with E-state index in [0.29, 0.717) is 5.82 Å². The molecule has 3 heterocycles. The number of rotatable bonds is 5. The number of anilines is 1. The summed E-state index contributed by atoms with van der Waals surface area (Å²) in [5, 5.41) is 6.89. The number of alkyl halides is 4. The van der Waals surface area contributed by atoms with Crippen LogP contribution in [0.1, 0.15) is 25.1 Å². The SMILES string of the molecule is FC(F)Oc1cccc(-c2cc(N3CCCC3)nc(C(F)F)n2)n1.O=CO. The van der Waals surface area contributed by atoms with E-state index in [4.69, 9.17) is 9.90 Å². The second kappa shape index (κ2) is 9.64. The zero-order chi connectivity index (χ0) is 19.8. The van der Waals surface area contributed by atoms with Gasteiger partial charge in [0.15, 0.2) is 5.82 Å². The molecule has 1 saturated heterocycles. The molecule has 2 aromatic heterocycles. The number of carbonyl (C=O) groups is 1. The lowest BCUT2D eigenvalue weighted by atomic mass is 10.2. The van der Waals surface area contributed by atoms with Crippen LogP contribution in [0.25, 0.3) is 11.4 Å². The maximum atomic E-state index is 13.1. The minimum Gasteiger partial charge on any atom is -0.483 e. The molecule has 0 amide bonds. The van der Waals surface area contributed by atoms with Gasteiger partial charge in [-0.3, -0.25) is 4.79 Å². The highest BCUT2D eigenvalue weighted by Crippen LogP contribution is 2.27. The third-order valence-corrected chi connectivity index (χ3v) is 3.55. The number of ether oxygens (including phenoxy) is 1. The van der Waals surface area contributed by atoms with Gasteiger partial charge in [-0.15, -0.1) is 0 Å². The largest absolute Gasteiger partial charge is 0.483 e. The highest BCUT2D eigenvalue weighted by molar-refractivity contribution is 5.60. The first-order chi connectivity index (χ1) is 12.9. The third-order valence-electron chi connectivity index (χ3n) is 3.55. The van der Waals surface area contributed by atoms with Gasteiger partial charge in [-0.2, -0.15) is 8.78 Å². The molecule has 3 rings (SSSR count). The maximum Gasteiger partial charge on any atom is 0.388 e. The summed E-state index contributed by atoms with van der Waals surface area (Å²) in [7, 11) is 0. The van der Waals surface area contributed by atoms with Crippen molar-refractivity contribution in [3.8, 4) is 17.3 Å². The Bertz CT molecular complexity index is 758. The topological polar surface area (TPSA) is 88.4 Å². The van der Waals surface area contributed by atoms with E-state index in [2.05, 4.69) is 19.7 Å². The quantitative estimate of drug-likeness (QED) is 0.620. The van der Waals surface area contributed by atoms with Crippen LogP contribution < -0.4 is 9.64 Å². The van der Waals surface area contributed by atoms with Crippen LogP contribution in [0.5, 0.6) is 5.88 Å². The zero-order valence-corrected chi connectivity index (χ0v) is 13.9. The summed E-state index contributed by atoms with van der Waals surface area (Å²) in [6, 6.07) is 5.72. The summed E-state index contributed by atoms with van der Waals surface area (Å²) in [6.45, 7) is -1.82. The van der Waals surface area contributed by atoms with Crippen LogP contribution in [0.4, 0.5) is 23.4 Å². The molecule has 1 aliphatic rings. The molecule has 1 fully saturated rings. The molecule has 0 bridgehead atoms. The molecule has 0 atom stereocenters. The third kappa shape index (κ3) is 5.76. The van der Waals surface area contributed by atoms with Gasteiger partial charge in [0.2, 0.25) is 5.88 Å². The summed E-state index contributed by atoms with van der Waals surface area (Å²) >= 11 is 0. The van der Waals surface area contributed by atoms with E-state index in [1.165, 1.54) is 24.3 Å². The molecule has 0 saturated carbocycles. The van der Waals surface area contributed by atoms with Crippen LogP contribution in [0, 0.1) is 0 Å². The average molecular weight is 388 g/mol. The lowest BCUT2D eigenvalue weighted by molar-refractivity contribution is -0.122. The van der Waals surface area contributed by atoms with Gasteiger partial charge in [-0.25, -0.2) is 23.7 Å². The van der Waals surface area contributed by atoms with Crippen LogP contribution in [0.2, 0.25) is 0 Å². The standard InChI is InChI=1S/C15H14F4N4O.CH2O2/c16-13(17)14-21-10(8-11(22-14)23-6-1-2-7-23)9-4-3-5-12(20-9)24-15(18)19;2-1-3/h3-5,8,13,15H,1-2,6-7H2;1H,(H,2,3). The molecule has 11 heteroatoms. The highest BCUT2D eigenvalue weighted by Gasteiger charge is 2.20. The van der Waals surface area contributed by atoms with Crippen molar-refractivity contribution in [3.63, 3.8) is 0 Å². The van der Waals surface area contributed by atoms with Crippen LogP contribution in [-0.2, 0) is 4.79 Å². The summed E-state index contributed by atoms with van der Waals surface area (Å²) < 4.78 is 55.0. The molecular weight excluding hydrogens is 372 g/mol. The Morgan fingerprint density at radius 1 is 1.07 bits per heavy atom. The summed E-state index contributed by atoms with van der Waals surface area (Å²) in [4.78, 5) is 21.8. The van der Waals surface area contributed by atoms with Gasteiger partial charge in [0.1, 0.15) is 5.82 Å². The van der Waals surface area contributed by atoms with Crippen molar-refractivity contribution in [3.05, 3.63) is 30.1 Å².